The van der Waals surface area contributed by atoms with Crippen LogP contribution in [0, 0.1) is 6.92 Å². The third-order valence-electron chi connectivity index (χ3n) is 3.19. The molecule has 1 aromatic heterocycles. The molecule has 0 aliphatic carbocycles. The van der Waals surface area contributed by atoms with Gasteiger partial charge in [0.1, 0.15) is 17.5 Å². The molecule has 0 fully saturated rings. The summed E-state index contributed by atoms with van der Waals surface area (Å²) in [4.78, 5) is 8.89. The molecule has 0 atom stereocenters. The molecule has 2 N–H and O–H groups in total. The van der Waals surface area contributed by atoms with Gasteiger partial charge >= 0.3 is 0 Å². The van der Waals surface area contributed by atoms with E-state index in [1.807, 2.05) is 13.0 Å². The summed E-state index contributed by atoms with van der Waals surface area (Å²) >= 11 is 0. The molecular formula is C18H26N4. The maximum atomic E-state index is 4.45. The molecule has 2 rings (SSSR count). The van der Waals surface area contributed by atoms with Crippen molar-refractivity contribution in [3.8, 4) is 0 Å². The van der Waals surface area contributed by atoms with Crippen molar-refractivity contribution < 1.29 is 0 Å². The van der Waals surface area contributed by atoms with Gasteiger partial charge in [-0.05, 0) is 51.3 Å². The Balaban J connectivity index is 2.18. The SMILES string of the molecule is Cc1nc(Nc2ccc(C(C)C)cc2)cc(NC(C)(C)C)n1. The Hall–Kier alpha value is -2.10. The lowest BCUT2D eigenvalue weighted by molar-refractivity contribution is 0.629. The molecule has 4 nitrogen and oxygen atoms in total. The second-order valence-electron chi connectivity index (χ2n) is 6.96. The van der Waals surface area contributed by atoms with Crippen LogP contribution in [-0.2, 0) is 0 Å². The van der Waals surface area contributed by atoms with Crippen molar-refractivity contribution in [3.63, 3.8) is 0 Å². The molecule has 0 saturated heterocycles. The summed E-state index contributed by atoms with van der Waals surface area (Å²) in [5.74, 6) is 2.92. The van der Waals surface area contributed by atoms with Gasteiger partial charge in [-0.15, -0.1) is 0 Å². The van der Waals surface area contributed by atoms with E-state index < -0.39 is 0 Å². The predicted octanol–water partition coefficient (Wildman–Crippen LogP) is 4.86. The molecule has 0 bridgehead atoms. The van der Waals surface area contributed by atoms with E-state index in [1.54, 1.807) is 0 Å². The molecule has 22 heavy (non-hydrogen) atoms. The van der Waals surface area contributed by atoms with Crippen molar-refractivity contribution >= 4 is 17.3 Å². The van der Waals surface area contributed by atoms with E-state index in [9.17, 15) is 0 Å². The van der Waals surface area contributed by atoms with Crippen LogP contribution < -0.4 is 10.6 Å². The zero-order valence-electron chi connectivity index (χ0n) is 14.4. The van der Waals surface area contributed by atoms with Gasteiger partial charge in [-0.25, -0.2) is 9.97 Å². The molecule has 0 unspecified atom stereocenters. The molecule has 0 aliphatic rings. The van der Waals surface area contributed by atoms with Crippen LogP contribution in [0.25, 0.3) is 0 Å². The Bertz CT molecular complexity index is 625. The maximum absolute atomic E-state index is 4.45. The first-order chi connectivity index (χ1) is 10.2. The number of hydrogen-bond donors (Lipinski definition) is 2. The van der Waals surface area contributed by atoms with Crippen LogP contribution >= 0.6 is 0 Å². The molecule has 0 aliphatic heterocycles. The van der Waals surface area contributed by atoms with Gasteiger partial charge in [0, 0.05) is 17.3 Å². The standard InChI is InChI=1S/C18H26N4/c1-12(2)14-7-9-15(10-8-14)21-16-11-17(20-13(3)19-16)22-18(4,5)6/h7-12H,1-6H3,(H2,19,20,21,22). The second kappa shape index (κ2) is 6.34. The predicted molar refractivity (Wildman–Crippen MR) is 94.0 cm³/mol. The first-order valence-electron chi connectivity index (χ1n) is 7.74. The van der Waals surface area contributed by atoms with Crippen LogP contribution in [0.5, 0.6) is 0 Å². The van der Waals surface area contributed by atoms with Crippen molar-refractivity contribution in [2.24, 2.45) is 0 Å². The number of hydrogen-bond acceptors (Lipinski definition) is 4. The molecule has 0 spiro atoms. The third kappa shape index (κ3) is 4.72. The Labute approximate surface area is 133 Å². The molecule has 118 valence electrons. The number of aryl methyl sites for hydroxylation is 1. The zero-order chi connectivity index (χ0) is 16.3. The summed E-state index contributed by atoms with van der Waals surface area (Å²) in [6.45, 7) is 12.6. The fourth-order valence-electron chi connectivity index (χ4n) is 2.18. The first-order valence-corrected chi connectivity index (χ1v) is 7.74. The van der Waals surface area contributed by atoms with Crippen molar-refractivity contribution in [2.75, 3.05) is 10.6 Å². The highest BCUT2D eigenvalue weighted by molar-refractivity contribution is 5.59. The van der Waals surface area contributed by atoms with Crippen LogP contribution in [0.2, 0.25) is 0 Å². The van der Waals surface area contributed by atoms with Gasteiger partial charge in [0.05, 0.1) is 0 Å². The monoisotopic (exact) mass is 298 g/mol. The second-order valence-corrected chi connectivity index (χ2v) is 6.96. The molecule has 0 amide bonds. The van der Waals surface area contributed by atoms with Crippen molar-refractivity contribution in [1.29, 1.82) is 0 Å². The van der Waals surface area contributed by atoms with Crippen LogP contribution in [0.1, 0.15) is 51.9 Å². The van der Waals surface area contributed by atoms with Gasteiger partial charge in [-0.1, -0.05) is 26.0 Å². The highest BCUT2D eigenvalue weighted by Crippen LogP contribution is 2.22. The number of benzene rings is 1. The molecule has 0 radical (unpaired) electrons. The van der Waals surface area contributed by atoms with Crippen LogP contribution in [0.4, 0.5) is 17.3 Å². The van der Waals surface area contributed by atoms with Crippen molar-refractivity contribution in [1.82, 2.24) is 9.97 Å². The van der Waals surface area contributed by atoms with Gasteiger partial charge < -0.3 is 10.6 Å². The fraction of sp³-hybridized carbons (Fsp3) is 0.444. The average molecular weight is 298 g/mol. The first kappa shape index (κ1) is 16.3. The molecule has 2 aromatic rings. The number of nitrogens with zero attached hydrogens (tertiary/aromatic N) is 2. The Morgan fingerprint density at radius 1 is 0.955 bits per heavy atom. The van der Waals surface area contributed by atoms with E-state index >= 15 is 0 Å². The minimum atomic E-state index is -0.0308. The topological polar surface area (TPSA) is 49.8 Å². The number of rotatable bonds is 4. The largest absolute Gasteiger partial charge is 0.365 e. The van der Waals surface area contributed by atoms with Crippen LogP contribution in [-0.4, -0.2) is 15.5 Å². The van der Waals surface area contributed by atoms with E-state index in [-0.39, 0.29) is 5.54 Å². The Morgan fingerprint density at radius 3 is 2.09 bits per heavy atom. The Morgan fingerprint density at radius 2 is 1.55 bits per heavy atom. The van der Waals surface area contributed by atoms with Crippen LogP contribution in [0.15, 0.2) is 30.3 Å². The molecule has 4 heteroatoms. The smallest absolute Gasteiger partial charge is 0.136 e. The van der Waals surface area contributed by atoms with Gasteiger partial charge in [-0.2, -0.15) is 0 Å². The van der Waals surface area contributed by atoms with E-state index in [1.165, 1.54) is 5.56 Å². The normalized spacial score (nSPS) is 11.6. The summed E-state index contributed by atoms with van der Waals surface area (Å²) in [7, 11) is 0. The summed E-state index contributed by atoms with van der Waals surface area (Å²) in [6.07, 6.45) is 0. The average Bonchev–Trinajstić information content (AvgIpc) is 2.36. The van der Waals surface area contributed by atoms with Crippen molar-refractivity contribution in [3.05, 3.63) is 41.7 Å². The maximum Gasteiger partial charge on any atom is 0.136 e. The lowest BCUT2D eigenvalue weighted by Gasteiger charge is -2.21. The quantitative estimate of drug-likeness (QED) is 0.846. The zero-order valence-corrected chi connectivity index (χ0v) is 14.4. The lowest BCUT2D eigenvalue weighted by Crippen LogP contribution is -2.26. The van der Waals surface area contributed by atoms with Crippen molar-refractivity contribution in [2.45, 2.75) is 53.0 Å². The summed E-state index contributed by atoms with van der Waals surface area (Å²) in [6, 6.07) is 10.4. The van der Waals surface area contributed by atoms with E-state index in [0.29, 0.717) is 5.92 Å². The minimum absolute atomic E-state index is 0.0308. The van der Waals surface area contributed by atoms with Gasteiger partial charge in [0.2, 0.25) is 0 Å². The van der Waals surface area contributed by atoms with Gasteiger partial charge in [-0.3, -0.25) is 0 Å². The molecular weight excluding hydrogens is 272 g/mol. The molecule has 0 saturated carbocycles. The highest BCUT2D eigenvalue weighted by Gasteiger charge is 2.11. The van der Waals surface area contributed by atoms with E-state index in [2.05, 4.69) is 79.5 Å². The fourth-order valence-corrected chi connectivity index (χ4v) is 2.18. The van der Waals surface area contributed by atoms with Crippen LogP contribution in [0.3, 0.4) is 0 Å². The minimum Gasteiger partial charge on any atom is -0.365 e. The van der Waals surface area contributed by atoms with E-state index in [4.69, 9.17) is 0 Å². The molecule has 1 heterocycles. The third-order valence-corrected chi connectivity index (χ3v) is 3.19. The summed E-state index contributed by atoms with van der Waals surface area (Å²) < 4.78 is 0. The number of aromatic nitrogens is 2. The van der Waals surface area contributed by atoms with Gasteiger partial charge in [0.15, 0.2) is 0 Å². The summed E-state index contributed by atoms with van der Waals surface area (Å²) in [5, 5.41) is 6.73. The molecule has 1 aromatic carbocycles. The highest BCUT2D eigenvalue weighted by atomic mass is 15.1. The lowest BCUT2D eigenvalue weighted by atomic mass is 10.0. The van der Waals surface area contributed by atoms with E-state index in [0.717, 1.165) is 23.1 Å². The number of nitrogens with one attached hydrogen (secondary N) is 2. The Kier molecular flexibility index (Phi) is 4.69. The van der Waals surface area contributed by atoms with Gasteiger partial charge in [0.25, 0.3) is 0 Å². The number of anilines is 3. The summed E-state index contributed by atoms with van der Waals surface area (Å²) in [5.41, 5.74) is 2.33.